The summed E-state index contributed by atoms with van der Waals surface area (Å²) in [7, 11) is 0. The van der Waals surface area contributed by atoms with Gasteiger partial charge in [0.15, 0.2) is 0 Å². The Bertz CT molecular complexity index is 233. The van der Waals surface area contributed by atoms with Crippen molar-refractivity contribution < 1.29 is 5.11 Å². The van der Waals surface area contributed by atoms with Gasteiger partial charge in [-0.1, -0.05) is 12.2 Å². The fourth-order valence-electron chi connectivity index (χ4n) is 2.93. The molecule has 3 aliphatic rings. The molecule has 1 unspecified atom stereocenters. The molecule has 0 spiro atoms. The van der Waals surface area contributed by atoms with E-state index in [0.717, 1.165) is 24.2 Å². The van der Waals surface area contributed by atoms with Crippen LogP contribution in [-0.2, 0) is 0 Å². The van der Waals surface area contributed by atoms with Crippen LogP contribution in [0.4, 0.5) is 0 Å². The molecule has 0 amide bonds. The van der Waals surface area contributed by atoms with Crippen molar-refractivity contribution in [3.63, 3.8) is 0 Å². The highest BCUT2D eigenvalue weighted by Gasteiger charge is 2.46. The van der Waals surface area contributed by atoms with E-state index in [-0.39, 0.29) is 6.10 Å². The van der Waals surface area contributed by atoms with Gasteiger partial charge in [0.1, 0.15) is 0 Å². The number of allylic oxidation sites excluding steroid dienone is 2. The van der Waals surface area contributed by atoms with Crippen LogP contribution in [0.15, 0.2) is 12.2 Å². The summed E-state index contributed by atoms with van der Waals surface area (Å²) in [6, 6.07) is 0. The molecule has 2 saturated carbocycles. The topological polar surface area (TPSA) is 20.2 Å². The fourth-order valence-corrected chi connectivity index (χ4v) is 2.93. The molecule has 1 heteroatoms. The SMILES string of the molecule is OC1C[C@H]2C[C@H]2C/C=C/C[C@@H]2C[C@H]12. The Kier molecular flexibility index (Phi) is 1.76. The van der Waals surface area contributed by atoms with Gasteiger partial charge < -0.3 is 5.11 Å². The zero-order valence-electron chi connectivity index (χ0n) is 8.02. The summed E-state index contributed by atoms with van der Waals surface area (Å²) in [5.41, 5.74) is 0. The molecule has 3 aliphatic carbocycles. The zero-order chi connectivity index (χ0) is 8.84. The van der Waals surface area contributed by atoms with Gasteiger partial charge >= 0.3 is 0 Å². The predicted molar refractivity (Wildman–Crippen MR) is 52.2 cm³/mol. The third kappa shape index (κ3) is 1.54. The molecule has 0 heterocycles. The van der Waals surface area contributed by atoms with E-state index >= 15 is 0 Å². The van der Waals surface area contributed by atoms with E-state index in [2.05, 4.69) is 12.2 Å². The maximum atomic E-state index is 9.91. The van der Waals surface area contributed by atoms with Crippen molar-refractivity contribution in [1.29, 1.82) is 0 Å². The van der Waals surface area contributed by atoms with Gasteiger partial charge in [-0.25, -0.2) is 0 Å². The largest absolute Gasteiger partial charge is 0.393 e. The van der Waals surface area contributed by atoms with E-state index in [0.29, 0.717) is 5.92 Å². The van der Waals surface area contributed by atoms with Crippen LogP contribution in [0.1, 0.15) is 32.1 Å². The number of aliphatic hydroxyl groups excluding tert-OH is 1. The maximum Gasteiger partial charge on any atom is 0.0574 e. The van der Waals surface area contributed by atoms with Crippen molar-refractivity contribution in [2.45, 2.75) is 38.2 Å². The van der Waals surface area contributed by atoms with Crippen LogP contribution >= 0.6 is 0 Å². The first-order chi connectivity index (χ1) is 6.34. The van der Waals surface area contributed by atoms with Crippen LogP contribution in [0.5, 0.6) is 0 Å². The molecule has 0 aromatic rings. The molecule has 0 aliphatic heterocycles. The summed E-state index contributed by atoms with van der Waals surface area (Å²) in [4.78, 5) is 0. The molecule has 0 aromatic heterocycles. The van der Waals surface area contributed by atoms with Crippen LogP contribution < -0.4 is 0 Å². The third-order valence-corrected chi connectivity index (χ3v) is 4.13. The lowest BCUT2D eigenvalue weighted by molar-refractivity contribution is 0.127. The van der Waals surface area contributed by atoms with E-state index in [9.17, 15) is 5.11 Å². The number of rotatable bonds is 0. The van der Waals surface area contributed by atoms with Crippen molar-refractivity contribution in [2.75, 3.05) is 0 Å². The van der Waals surface area contributed by atoms with E-state index in [4.69, 9.17) is 0 Å². The first kappa shape index (κ1) is 8.05. The summed E-state index contributed by atoms with van der Waals surface area (Å²) < 4.78 is 0. The Balaban J connectivity index is 1.68. The summed E-state index contributed by atoms with van der Waals surface area (Å²) in [6.07, 6.45) is 11.0. The number of hydrogen-bond acceptors (Lipinski definition) is 1. The highest BCUT2D eigenvalue weighted by atomic mass is 16.3. The standard InChI is InChI=1S/C12H18O/c13-12-7-10-5-8(10)3-1-2-4-9-6-11(9)12/h1-2,8-13H,3-7H2/b2-1+/t8-,9-,10-,11+,12?/m1/s1. The van der Waals surface area contributed by atoms with Crippen molar-refractivity contribution in [3.05, 3.63) is 12.2 Å². The Hall–Kier alpha value is -0.300. The van der Waals surface area contributed by atoms with Gasteiger partial charge in [-0.3, -0.25) is 0 Å². The maximum absolute atomic E-state index is 9.91. The molecule has 1 nitrogen and oxygen atoms in total. The van der Waals surface area contributed by atoms with Crippen molar-refractivity contribution in [1.82, 2.24) is 0 Å². The van der Waals surface area contributed by atoms with Crippen LogP contribution in [-0.4, -0.2) is 11.2 Å². The third-order valence-electron chi connectivity index (χ3n) is 4.13. The normalized spacial score (nSPS) is 55.9. The second-order valence-electron chi connectivity index (χ2n) is 5.16. The summed E-state index contributed by atoms with van der Waals surface area (Å²) in [6.45, 7) is 0. The molecule has 72 valence electrons. The van der Waals surface area contributed by atoms with Gasteiger partial charge in [0.25, 0.3) is 0 Å². The molecule has 0 bridgehead atoms. The second kappa shape index (κ2) is 2.84. The average Bonchev–Trinajstić information content (AvgIpc) is 2.93. The van der Waals surface area contributed by atoms with Crippen molar-refractivity contribution >= 4 is 0 Å². The number of aliphatic hydroxyl groups is 1. The Labute approximate surface area is 79.8 Å². The first-order valence-electron chi connectivity index (χ1n) is 5.67. The minimum Gasteiger partial charge on any atom is -0.393 e. The quantitative estimate of drug-likeness (QED) is 0.565. The molecule has 0 aromatic carbocycles. The van der Waals surface area contributed by atoms with Gasteiger partial charge in [0.05, 0.1) is 6.10 Å². The highest BCUT2D eigenvalue weighted by Crippen LogP contribution is 2.51. The van der Waals surface area contributed by atoms with E-state index < -0.39 is 0 Å². The van der Waals surface area contributed by atoms with Crippen LogP contribution in [0, 0.1) is 23.7 Å². The molecule has 0 saturated heterocycles. The minimum absolute atomic E-state index is 0.0338. The molecule has 13 heavy (non-hydrogen) atoms. The monoisotopic (exact) mass is 178 g/mol. The molecule has 3 rings (SSSR count). The predicted octanol–water partition coefficient (Wildman–Crippen LogP) is 2.36. The van der Waals surface area contributed by atoms with Gasteiger partial charge in [0, 0.05) is 0 Å². The molecular weight excluding hydrogens is 160 g/mol. The number of hydrogen-bond donors (Lipinski definition) is 1. The summed E-state index contributed by atoms with van der Waals surface area (Å²) in [5, 5.41) is 9.91. The highest BCUT2D eigenvalue weighted by molar-refractivity contribution is 5.03. The molecular formula is C12H18O. The molecule has 2 fully saturated rings. The van der Waals surface area contributed by atoms with Gasteiger partial charge in [0.2, 0.25) is 0 Å². The van der Waals surface area contributed by atoms with Crippen LogP contribution in [0.3, 0.4) is 0 Å². The molecule has 0 radical (unpaired) electrons. The van der Waals surface area contributed by atoms with Crippen LogP contribution in [0.25, 0.3) is 0 Å². The van der Waals surface area contributed by atoms with Crippen LogP contribution in [0.2, 0.25) is 0 Å². The summed E-state index contributed by atoms with van der Waals surface area (Å²) in [5.74, 6) is 3.26. The first-order valence-corrected chi connectivity index (χ1v) is 5.67. The summed E-state index contributed by atoms with van der Waals surface area (Å²) >= 11 is 0. The zero-order valence-corrected chi connectivity index (χ0v) is 8.02. The Morgan fingerprint density at radius 3 is 2.46 bits per heavy atom. The van der Waals surface area contributed by atoms with Crippen molar-refractivity contribution in [2.24, 2.45) is 23.7 Å². The van der Waals surface area contributed by atoms with E-state index in [1.54, 1.807) is 0 Å². The van der Waals surface area contributed by atoms with Gasteiger partial charge in [-0.2, -0.15) is 0 Å². The average molecular weight is 178 g/mol. The van der Waals surface area contributed by atoms with E-state index in [1.165, 1.54) is 25.7 Å². The lowest BCUT2D eigenvalue weighted by Gasteiger charge is -2.10. The Morgan fingerprint density at radius 2 is 1.62 bits per heavy atom. The lowest BCUT2D eigenvalue weighted by Crippen LogP contribution is -2.12. The van der Waals surface area contributed by atoms with Gasteiger partial charge in [-0.15, -0.1) is 0 Å². The molecule has 1 N–H and O–H groups in total. The fraction of sp³-hybridized carbons (Fsp3) is 0.833. The second-order valence-corrected chi connectivity index (χ2v) is 5.16. The number of fused-ring (bicyclic) bond motifs is 2. The molecule has 5 atom stereocenters. The van der Waals surface area contributed by atoms with Crippen molar-refractivity contribution in [3.8, 4) is 0 Å². The lowest BCUT2D eigenvalue weighted by atomic mass is 10.0. The minimum atomic E-state index is 0.0338. The van der Waals surface area contributed by atoms with E-state index in [1.807, 2.05) is 0 Å². The van der Waals surface area contributed by atoms with Gasteiger partial charge in [-0.05, 0) is 55.8 Å². The smallest absolute Gasteiger partial charge is 0.0574 e. The Morgan fingerprint density at radius 1 is 0.846 bits per heavy atom.